The van der Waals surface area contributed by atoms with Crippen molar-refractivity contribution in [3.05, 3.63) is 36.4 Å². The molecule has 2 aliphatic rings. The van der Waals surface area contributed by atoms with Crippen molar-refractivity contribution in [1.29, 1.82) is 0 Å². The lowest BCUT2D eigenvalue weighted by Gasteiger charge is -2.20. The first kappa shape index (κ1) is 15.1. The third-order valence-electron chi connectivity index (χ3n) is 4.90. The Morgan fingerprint density at radius 2 is 2.15 bits per heavy atom. The summed E-state index contributed by atoms with van der Waals surface area (Å²) >= 11 is 0. The lowest BCUT2D eigenvalue weighted by Crippen LogP contribution is -2.32. The smallest absolute Gasteiger partial charge is 0.267 e. The summed E-state index contributed by atoms with van der Waals surface area (Å²) < 4.78 is 7.76. The Morgan fingerprint density at radius 1 is 1.27 bits per heavy atom. The van der Waals surface area contributed by atoms with Gasteiger partial charge in [0.15, 0.2) is 0 Å². The van der Waals surface area contributed by atoms with Crippen molar-refractivity contribution in [2.45, 2.75) is 19.4 Å². The fourth-order valence-corrected chi connectivity index (χ4v) is 3.35. The quantitative estimate of drug-likeness (QED) is 0.774. The Hall–Kier alpha value is -3.16. The van der Waals surface area contributed by atoms with Gasteiger partial charge in [-0.1, -0.05) is 0 Å². The largest absolute Gasteiger partial charge is 0.475 e. The molecular weight excluding hydrogens is 332 g/mol. The predicted molar refractivity (Wildman–Crippen MR) is 96.1 cm³/mol. The zero-order chi connectivity index (χ0) is 17.7. The zero-order valence-electron chi connectivity index (χ0n) is 14.1. The molecule has 4 heterocycles. The summed E-state index contributed by atoms with van der Waals surface area (Å²) in [4.78, 5) is 27.2. The highest BCUT2D eigenvalue weighted by Gasteiger charge is 2.29. The van der Waals surface area contributed by atoms with Crippen LogP contribution in [0.5, 0.6) is 5.88 Å². The molecule has 5 rings (SSSR count). The SMILES string of the molecule is Nc1ncnc2c1C(=O)N(c1cnc3c(ccn3CC3CC3)c1)CCO2. The van der Waals surface area contributed by atoms with Gasteiger partial charge >= 0.3 is 0 Å². The van der Waals surface area contributed by atoms with Crippen molar-refractivity contribution < 1.29 is 9.53 Å². The number of rotatable bonds is 3. The number of nitrogen functional groups attached to an aromatic ring is 1. The van der Waals surface area contributed by atoms with Crippen LogP contribution in [-0.2, 0) is 6.54 Å². The van der Waals surface area contributed by atoms with Crippen molar-refractivity contribution in [3.8, 4) is 5.88 Å². The molecule has 1 saturated carbocycles. The van der Waals surface area contributed by atoms with Crippen molar-refractivity contribution >= 4 is 28.4 Å². The van der Waals surface area contributed by atoms with Gasteiger partial charge in [0.1, 0.15) is 30.0 Å². The van der Waals surface area contributed by atoms with Crippen LogP contribution in [0.25, 0.3) is 11.0 Å². The number of carbonyl (C=O) groups excluding carboxylic acids is 1. The molecule has 0 radical (unpaired) electrons. The van der Waals surface area contributed by atoms with Crippen LogP contribution < -0.4 is 15.4 Å². The average Bonchev–Trinajstić information content (AvgIpc) is 3.39. The first-order valence-electron chi connectivity index (χ1n) is 8.71. The second-order valence-corrected chi connectivity index (χ2v) is 6.76. The summed E-state index contributed by atoms with van der Waals surface area (Å²) in [6.45, 7) is 1.73. The fourth-order valence-electron chi connectivity index (χ4n) is 3.35. The van der Waals surface area contributed by atoms with Gasteiger partial charge in [-0.15, -0.1) is 0 Å². The second-order valence-electron chi connectivity index (χ2n) is 6.76. The van der Waals surface area contributed by atoms with E-state index in [-0.39, 0.29) is 23.2 Å². The molecule has 0 aromatic carbocycles. The van der Waals surface area contributed by atoms with E-state index in [9.17, 15) is 4.79 Å². The van der Waals surface area contributed by atoms with Crippen molar-refractivity contribution in [1.82, 2.24) is 19.5 Å². The average molecular weight is 350 g/mol. The number of hydrogen-bond acceptors (Lipinski definition) is 6. The normalized spacial score (nSPS) is 17.1. The van der Waals surface area contributed by atoms with Crippen LogP contribution in [0.1, 0.15) is 23.2 Å². The van der Waals surface area contributed by atoms with Gasteiger partial charge in [-0.2, -0.15) is 0 Å². The molecule has 132 valence electrons. The third kappa shape index (κ3) is 2.45. The molecule has 1 amide bonds. The van der Waals surface area contributed by atoms with E-state index in [1.807, 2.05) is 12.1 Å². The van der Waals surface area contributed by atoms with Gasteiger partial charge in [0, 0.05) is 18.1 Å². The van der Waals surface area contributed by atoms with Crippen LogP contribution in [0.15, 0.2) is 30.9 Å². The van der Waals surface area contributed by atoms with Gasteiger partial charge in [-0.05, 0) is 30.9 Å². The van der Waals surface area contributed by atoms with E-state index >= 15 is 0 Å². The first-order chi connectivity index (χ1) is 12.7. The van der Waals surface area contributed by atoms with Gasteiger partial charge < -0.3 is 19.9 Å². The molecule has 0 bridgehead atoms. The van der Waals surface area contributed by atoms with Crippen molar-refractivity contribution in [3.63, 3.8) is 0 Å². The van der Waals surface area contributed by atoms with E-state index in [1.54, 1.807) is 11.1 Å². The van der Waals surface area contributed by atoms with Crippen molar-refractivity contribution in [2.24, 2.45) is 5.92 Å². The number of nitrogens with two attached hydrogens (primary N) is 1. The number of carbonyl (C=O) groups is 1. The van der Waals surface area contributed by atoms with Gasteiger partial charge in [0.05, 0.1) is 18.4 Å². The molecular formula is C18H18N6O2. The zero-order valence-corrected chi connectivity index (χ0v) is 14.1. The van der Waals surface area contributed by atoms with Gasteiger partial charge in [0.2, 0.25) is 5.88 Å². The second kappa shape index (κ2) is 5.69. The lowest BCUT2D eigenvalue weighted by molar-refractivity contribution is 0.0990. The van der Waals surface area contributed by atoms with E-state index in [2.05, 4.69) is 25.7 Å². The molecule has 3 aromatic heterocycles. The van der Waals surface area contributed by atoms with E-state index in [0.717, 1.165) is 23.5 Å². The maximum Gasteiger partial charge on any atom is 0.267 e. The Morgan fingerprint density at radius 3 is 3.00 bits per heavy atom. The lowest BCUT2D eigenvalue weighted by atomic mass is 10.2. The summed E-state index contributed by atoms with van der Waals surface area (Å²) in [6, 6.07) is 4.02. The summed E-state index contributed by atoms with van der Waals surface area (Å²) in [7, 11) is 0. The number of ether oxygens (including phenoxy) is 1. The molecule has 26 heavy (non-hydrogen) atoms. The van der Waals surface area contributed by atoms with E-state index < -0.39 is 0 Å². The predicted octanol–water partition coefficient (Wildman–Crippen LogP) is 1.86. The number of anilines is 2. The molecule has 0 atom stereocenters. The Balaban J connectivity index is 1.52. The van der Waals surface area contributed by atoms with Gasteiger partial charge in [-0.25, -0.2) is 15.0 Å². The van der Waals surface area contributed by atoms with E-state index in [0.29, 0.717) is 18.8 Å². The first-order valence-corrected chi connectivity index (χ1v) is 8.71. The van der Waals surface area contributed by atoms with Crippen molar-refractivity contribution in [2.75, 3.05) is 23.8 Å². The van der Waals surface area contributed by atoms with Crippen LogP contribution in [-0.4, -0.2) is 38.6 Å². The Kier molecular flexibility index (Phi) is 3.31. The molecule has 0 spiro atoms. The summed E-state index contributed by atoms with van der Waals surface area (Å²) in [5.74, 6) is 0.858. The molecule has 3 aromatic rings. The minimum Gasteiger partial charge on any atom is -0.475 e. The third-order valence-corrected chi connectivity index (χ3v) is 4.90. The standard InChI is InChI=1S/C18H18N6O2/c19-15-14-17(22-10-21-15)26-6-5-24(18(14)25)13-7-12-3-4-23(9-11-1-2-11)16(12)20-8-13/h3-4,7-8,10-11H,1-2,5-6,9H2,(H2,19,21,22). The van der Waals surface area contributed by atoms with Crippen LogP contribution in [0.2, 0.25) is 0 Å². The summed E-state index contributed by atoms with van der Waals surface area (Å²) in [6.07, 6.45) is 7.68. The molecule has 1 aliphatic heterocycles. The summed E-state index contributed by atoms with van der Waals surface area (Å²) in [5.41, 5.74) is 7.76. The summed E-state index contributed by atoms with van der Waals surface area (Å²) in [5, 5.41) is 1.01. The van der Waals surface area contributed by atoms with Crippen LogP contribution in [0.3, 0.4) is 0 Å². The molecule has 2 N–H and O–H groups in total. The minimum atomic E-state index is -0.269. The molecule has 1 aliphatic carbocycles. The number of aromatic nitrogens is 4. The highest BCUT2D eigenvalue weighted by molar-refractivity contribution is 6.11. The topological polar surface area (TPSA) is 99.2 Å². The molecule has 8 nitrogen and oxygen atoms in total. The van der Waals surface area contributed by atoms with E-state index in [1.165, 1.54) is 19.2 Å². The van der Waals surface area contributed by atoms with Gasteiger partial charge in [-0.3, -0.25) is 4.79 Å². The number of fused-ring (bicyclic) bond motifs is 2. The molecule has 0 saturated heterocycles. The number of hydrogen-bond donors (Lipinski definition) is 1. The Bertz CT molecular complexity index is 1010. The van der Waals surface area contributed by atoms with Crippen LogP contribution in [0.4, 0.5) is 11.5 Å². The minimum absolute atomic E-state index is 0.122. The van der Waals surface area contributed by atoms with E-state index in [4.69, 9.17) is 10.5 Å². The maximum absolute atomic E-state index is 13.0. The molecule has 0 unspecified atom stereocenters. The maximum atomic E-state index is 13.0. The highest BCUT2D eigenvalue weighted by Crippen LogP contribution is 2.33. The fraction of sp³-hybridized carbons (Fsp3) is 0.333. The van der Waals surface area contributed by atoms with Crippen LogP contribution in [0, 0.1) is 5.92 Å². The molecule has 1 fully saturated rings. The Labute approximate surface area is 149 Å². The van der Waals surface area contributed by atoms with Crippen LogP contribution >= 0.6 is 0 Å². The van der Waals surface area contributed by atoms with Gasteiger partial charge in [0.25, 0.3) is 5.91 Å². The number of pyridine rings is 1. The number of amides is 1. The molecule has 8 heteroatoms. The monoisotopic (exact) mass is 350 g/mol. The highest BCUT2D eigenvalue weighted by atomic mass is 16.5. The number of nitrogens with zero attached hydrogens (tertiary/aromatic N) is 5.